The van der Waals surface area contributed by atoms with E-state index in [0.717, 1.165) is 31.7 Å². The van der Waals surface area contributed by atoms with Gasteiger partial charge in [-0.3, -0.25) is 0 Å². The molecule has 0 radical (unpaired) electrons. The minimum atomic E-state index is -4.59. The maximum Gasteiger partial charge on any atom is 0.420 e. The molecule has 1 aromatic carbocycles. The normalized spacial score (nSPS) is 17.9. The first-order chi connectivity index (χ1) is 8.80. The van der Waals surface area contributed by atoms with Crippen LogP contribution in [0.4, 0.5) is 13.2 Å². The van der Waals surface area contributed by atoms with Crippen molar-refractivity contribution in [3.63, 3.8) is 0 Å². The molecule has 0 heterocycles. The maximum absolute atomic E-state index is 12.8. The summed E-state index contributed by atoms with van der Waals surface area (Å²) in [6, 6.07) is 1.80. The molecule has 1 atom stereocenters. The van der Waals surface area contributed by atoms with Gasteiger partial charge in [-0.1, -0.05) is 28.8 Å². The number of aromatic hydroxyl groups is 1. The molecule has 0 amide bonds. The van der Waals surface area contributed by atoms with E-state index in [1.165, 1.54) is 6.07 Å². The molecule has 20 heavy (non-hydrogen) atoms. The number of alkyl halides is 3. The predicted octanol–water partition coefficient (Wildman–Crippen LogP) is 4.79. The Bertz CT molecular complexity index is 475. The molecule has 1 fully saturated rings. The van der Waals surface area contributed by atoms with E-state index in [1.807, 2.05) is 0 Å². The largest absolute Gasteiger partial charge is 0.507 e. The van der Waals surface area contributed by atoms with E-state index in [1.54, 1.807) is 0 Å². The van der Waals surface area contributed by atoms with Crippen molar-refractivity contribution in [3.8, 4) is 5.75 Å². The Morgan fingerprint density at radius 3 is 2.30 bits per heavy atom. The fourth-order valence-electron chi connectivity index (χ4n) is 2.66. The highest BCUT2D eigenvalue weighted by molar-refractivity contribution is 9.10. The molecule has 0 aromatic heterocycles. The smallest absolute Gasteiger partial charge is 0.420 e. The molecule has 114 valence electrons. The number of hydrogen-bond donors (Lipinski definition) is 2. The Kier molecular flexibility index (Phi) is 5.75. The lowest BCUT2D eigenvalue weighted by molar-refractivity contribution is -0.138. The van der Waals surface area contributed by atoms with E-state index in [4.69, 9.17) is 5.73 Å². The van der Waals surface area contributed by atoms with Gasteiger partial charge < -0.3 is 10.8 Å². The van der Waals surface area contributed by atoms with Gasteiger partial charge in [-0.25, -0.2) is 0 Å². The molecule has 2 nitrogen and oxygen atoms in total. The van der Waals surface area contributed by atoms with Gasteiger partial charge in [0.1, 0.15) is 5.75 Å². The van der Waals surface area contributed by atoms with Gasteiger partial charge in [0.25, 0.3) is 0 Å². The van der Waals surface area contributed by atoms with Crippen LogP contribution in [0.15, 0.2) is 16.6 Å². The van der Waals surface area contributed by atoms with Gasteiger partial charge in [0.15, 0.2) is 0 Å². The molecule has 0 aliphatic heterocycles. The molecule has 1 aromatic rings. The second-order valence-electron chi connectivity index (χ2n) is 4.96. The zero-order valence-electron chi connectivity index (χ0n) is 10.6. The summed E-state index contributed by atoms with van der Waals surface area (Å²) >= 11 is 3.05. The van der Waals surface area contributed by atoms with Gasteiger partial charge in [-0.2, -0.15) is 13.2 Å². The Morgan fingerprint density at radius 2 is 1.80 bits per heavy atom. The summed E-state index contributed by atoms with van der Waals surface area (Å²) < 4.78 is 38.8. The first-order valence-corrected chi connectivity index (χ1v) is 6.95. The van der Waals surface area contributed by atoms with E-state index < -0.39 is 23.5 Å². The van der Waals surface area contributed by atoms with Crippen LogP contribution in [0.1, 0.15) is 42.9 Å². The van der Waals surface area contributed by atoms with Crippen LogP contribution < -0.4 is 5.73 Å². The first kappa shape index (κ1) is 17.6. The highest BCUT2D eigenvalue weighted by Crippen LogP contribution is 2.44. The Hall–Kier alpha value is -0.460. The van der Waals surface area contributed by atoms with Crippen molar-refractivity contribution in [1.29, 1.82) is 0 Å². The van der Waals surface area contributed by atoms with Crippen molar-refractivity contribution in [2.75, 3.05) is 0 Å². The quantitative estimate of drug-likeness (QED) is 0.782. The van der Waals surface area contributed by atoms with Crippen molar-refractivity contribution in [2.24, 2.45) is 11.7 Å². The van der Waals surface area contributed by atoms with E-state index in [0.29, 0.717) is 0 Å². The molecule has 1 aliphatic rings. The maximum atomic E-state index is 12.8. The summed E-state index contributed by atoms with van der Waals surface area (Å²) in [5.74, 6) is -0.601. The van der Waals surface area contributed by atoms with Crippen LogP contribution in [-0.4, -0.2) is 5.11 Å². The SMILES string of the molecule is Cl.N[C@H](c1cc(Br)cc(C(F)(F)F)c1O)C1CCCC1. The van der Waals surface area contributed by atoms with E-state index in [9.17, 15) is 18.3 Å². The second kappa shape index (κ2) is 6.54. The average molecular weight is 375 g/mol. The molecule has 0 saturated heterocycles. The second-order valence-corrected chi connectivity index (χ2v) is 5.87. The summed E-state index contributed by atoms with van der Waals surface area (Å²) in [7, 11) is 0. The average Bonchev–Trinajstić information content (AvgIpc) is 2.83. The van der Waals surface area contributed by atoms with Crippen LogP contribution in [0.5, 0.6) is 5.75 Å². The van der Waals surface area contributed by atoms with Crippen molar-refractivity contribution in [3.05, 3.63) is 27.7 Å². The van der Waals surface area contributed by atoms with E-state index >= 15 is 0 Å². The summed E-state index contributed by atoms with van der Waals surface area (Å²) in [6.45, 7) is 0. The van der Waals surface area contributed by atoms with Crippen molar-refractivity contribution in [2.45, 2.75) is 37.9 Å². The van der Waals surface area contributed by atoms with Crippen LogP contribution in [-0.2, 0) is 6.18 Å². The van der Waals surface area contributed by atoms with Crippen LogP contribution in [0.25, 0.3) is 0 Å². The van der Waals surface area contributed by atoms with Gasteiger partial charge in [0.05, 0.1) is 5.56 Å². The summed E-state index contributed by atoms with van der Waals surface area (Å²) in [6.07, 6.45) is -0.709. The van der Waals surface area contributed by atoms with E-state index in [-0.39, 0.29) is 28.4 Å². The minimum Gasteiger partial charge on any atom is -0.507 e. The van der Waals surface area contributed by atoms with Gasteiger partial charge in [-0.15, -0.1) is 12.4 Å². The van der Waals surface area contributed by atoms with Crippen molar-refractivity contribution in [1.82, 2.24) is 0 Å². The Balaban J connectivity index is 0.00000200. The van der Waals surface area contributed by atoms with Crippen LogP contribution in [0.2, 0.25) is 0 Å². The zero-order chi connectivity index (χ0) is 14.2. The molecule has 1 aliphatic carbocycles. The molecule has 0 unspecified atom stereocenters. The number of hydrogen-bond acceptors (Lipinski definition) is 2. The molecular formula is C13H16BrClF3NO. The highest BCUT2D eigenvalue weighted by Gasteiger charge is 2.37. The van der Waals surface area contributed by atoms with Gasteiger partial charge >= 0.3 is 6.18 Å². The first-order valence-electron chi connectivity index (χ1n) is 6.16. The van der Waals surface area contributed by atoms with Crippen LogP contribution in [0.3, 0.4) is 0 Å². The van der Waals surface area contributed by atoms with Crippen molar-refractivity contribution >= 4 is 28.3 Å². The third-order valence-electron chi connectivity index (χ3n) is 3.68. The Morgan fingerprint density at radius 1 is 1.25 bits per heavy atom. The fraction of sp³-hybridized carbons (Fsp3) is 0.538. The summed E-state index contributed by atoms with van der Waals surface area (Å²) in [4.78, 5) is 0. The number of halogens is 5. The van der Waals surface area contributed by atoms with Gasteiger partial charge in [0, 0.05) is 16.1 Å². The van der Waals surface area contributed by atoms with E-state index in [2.05, 4.69) is 15.9 Å². The predicted molar refractivity (Wildman–Crippen MR) is 76.9 cm³/mol. The lowest BCUT2D eigenvalue weighted by atomic mass is 9.90. The molecule has 1 saturated carbocycles. The molecule has 3 N–H and O–H groups in total. The number of benzene rings is 1. The van der Waals surface area contributed by atoms with Gasteiger partial charge in [-0.05, 0) is 30.9 Å². The lowest BCUT2D eigenvalue weighted by Gasteiger charge is -2.22. The minimum absolute atomic E-state index is 0. The summed E-state index contributed by atoms with van der Waals surface area (Å²) in [5.41, 5.74) is 5.17. The van der Waals surface area contributed by atoms with Crippen LogP contribution in [0, 0.1) is 5.92 Å². The molecule has 2 rings (SSSR count). The summed E-state index contributed by atoms with van der Waals surface area (Å²) in [5, 5.41) is 9.86. The van der Waals surface area contributed by atoms with Gasteiger partial charge in [0.2, 0.25) is 0 Å². The number of nitrogens with two attached hydrogens (primary N) is 1. The molecule has 0 spiro atoms. The van der Waals surface area contributed by atoms with Crippen LogP contribution >= 0.6 is 28.3 Å². The fourth-order valence-corrected chi connectivity index (χ4v) is 3.14. The van der Waals surface area contributed by atoms with Crippen molar-refractivity contribution < 1.29 is 18.3 Å². The number of phenols is 1. The number of rotatable bonds is 2. The topological polar surface area (TPSA) is 46.2 Å². The third kappa shape index (κ3) is 3.59. The molecule has 0 bridgehead atoms. The highest BCUT2D eigenvalue weighted by atomic mass is 79.9. The monoisotopic (exact) mass is 373 g/mol. The lowest BCUT2D eigenvalue weighted by Crippen LogP contribution is -2.20. The third-order valence-corrected chi connectivity index (χ3v) is 4.13. The zero-order valence-corrected chi connectivity index (χ0v) is 13.0. The standard InChI is InChI=1S/C13H15BrF3NO.ClH/c14-8-5-9(11(18)7-3-1-2-4-7)12(19)10(6-8)13(15,16)17;/h5-7,11,19H,1-4,18H2;1H/t11-;/m0./s1. The molecule has 7 heteroatoms. The Labute approximate surface area is 130 Å². The number of phenolic OH excluding ortho intramolecular Hbond substituents is 1. The molecular weight excluding hydrogens is 359 g/mol.